The maximum Gasteiger partial charge on any atom is 0.264 e. The minimum absolute atomic E-state index is 0.0344. The third kappa shape index (κ3) is 8.75. The van der Waals surface area contributed by atoms with Crippen LogP contribution in [0, 0.1) is 19.8 Å². The van der Waals surface area contributed by atoms with E-state index in [1.165, 1.54) is 24.1 Å². The first-order valence-electron chi connectivity index (χ1n) is 15.4. The second kappa shape index (κ2) is 15.6. The molecule has 4 aromatic rings. The largest absolute Gasteiger partial charge is 0.495 e. The molecule has 0 aromatic heterocycles. The quantitative estimate of drug-likeness (QED) is 0.185. The average molecular weight is 642 g/mol. The van der Waals surface area contributed by atoms with Crippen molar-refractivity contribution in [1.82, 2.24) is 10.2 Å². The molecule has 1 N–H and O–H groups in total. The minimum atomic E-state index is -4.23. The summed E-state index contributed by atoms with van der Waals surface area (Å²) in [4.78, 5) is 30.1. The van der Waals surface area contributed by atoms with Crippen LogP contribution in [0.5, 0.6) is 5.75 Å². The number of hydrogen-bond donors (Lipinski definition) is 1. The van der Waals surface area contributed by atoms with Crippen LogP contribution in [-0.2, 0) is 32.6 Å². The number of sulfonamides is 1. The van der Waals surface area contributed by atoms with Gasteiger partial charge < -0.3 is 15.0 Å². The first-order chi connectivity index (χ1) is 22.0. The molecule has 0 saturated heterocycles. The van der Waals surface area contributed by atoms with Crippen LogP contribution in [0.4, 0.5) is 5.69 Å². The summed E-state index contributed by atoms with van der Waals surface area (Å²) < 4.78 is 35.2. The van der Waals surface area contributed by atoms with Crippen molar-refractivity contribution < 1.29 is 22.7 Å². The van der Waals surface area contributed by atoms with Crippen molar-refractivity contribution in [3.8, 4) is 5.75 Å². The van der Waals surface area contributed by atoms with Crippen LogP contribution in [-0.4, -0.2) is 51.4 Å². The van der Waals surface area contributed by atoms with Crippen molar-refractivity contribution in [3.63, 3.8) is 0 Å². The molecule has 242 valence electrons. The van der Waals surface area contributed by atoms with Crippen molar-refractivity contribution in [2.75, 3.05) is 24.5 Å². The second-order valence-corrected chi connectivity index (χ2v) is 13.7. The van der Waals surface area contributed by atoms with E-state index >= 15 is 0 Å². The van der Waals surface area contributed by atoms with E-state index in [-0.39, 0.29) is 35.4 Å². The lowest BCUT2D eigenvalue weighted by atomic mass is 10.0. The van der Waals surface area contributed by atoms with E-state index < -0.39 is 28.5 Å². The van der Waals surface area contributed by atoms with Gasteiger partial charge in [-0.15, -0.1) is 0 Å². The Balaban J connectivity index is 1.84. The smallest absolute Gasteiger partial charge is 0.264 e. The number of nitrogens with zero attached hydrogens (tertiary/aromatic N) is 2. The molecule has 46 heavy (non-hydrogen) atoms. The predicted molar refractivity (Wildman–Crippen MR) is 182 cm³/mol. The van der Waals surface area contributed by atoms with Crippen LogP contribution in [0.1, 0.15) is 36.1 Å². The van der Waals surface area contributed by atoms with E-state index in [0.29, 0.717) is 12.3 Å². The molecular weight excluding hydrogens is 598 g/mol. The standard InChI is InChI=1S/C37H43N3O5S/c1-27(2)24-38-37(42)34(23-30-14-8-6-9-15-30)39(25-31-16-12-13-28(3)21-31)36(41)26-40(33-22-29(4)19-20-35(33)45-5)46(43,44)32-17-10-7-11-18-32/h6-22,27,34H,23-26H2,1-5H3,(H,38,42). The Kier molecular flexibility index (Phi) is 11.6. The molecule has 0 saturated carbocycles. The first kappa shape index (κ1) is 34.2. The van der Waals surface area contributed by atoms with Gasteiger partial charge in [-0.3, -0.25) is 13.9 Å². The van der Waals surface area contributed by atoms with Gasteiger partial charge in [0.15, 0.2) is 0 Å². The maximum absolute atomic E-state index is 14.7. The van der Waals surface area contributed by atoms with E-state index in [9.17, 15) is 18.0 Å². The van der Waals surface area contributed by atoms with Gasteiger partial charge in [-0.25, -0.2) is 8.42 Å². The molecule has 4 aromatic carbocycles. The number of ether oxygens (including phenoxy) is 1. The molecule has 4 rings (SSSR count). The van der Waals surface area contributed by atoms with Gasteiger partial charge in [0.1, 0.15) is 18.3 Å². The number of carbonyl (C=O) groups excluding carboxylic acids is 2. The SMILES string of the molecule is COc1ccc(C)cc1N(CC(=O)N(Cc1cccc(C)c1)C(Cc1ccccc1)C(=O)NCC(C)C)S(=O)(=O)c1ccccc1. The molecule has 9 heteroatoms. The number of benzene rings is 4. The fourth-order valence-corrected chi connectivity index (χ4v) is 6.65. The van der Waals surface area contributed by atoms with Crippen molar-refractivity contribution in [2.45, 2.75) is 51.6 Å². The lowest BCUT2D eigenvalue weighted by molar-refractivity contribution is -0.140. The number of aryl methyl sites for hydroxylation is 2. The van der Waals surface area contributed by atoms with Crippen LogP contribution in [0.15, 0.2) is 108 Å². The highest BCUT2D eigenvalue weighted by Gasteiger charge is 2.35. The van der Waals surface area contributed by atoms with Crippen LogP contribution in [0.2, 0.25) is 0 Å². The summed E-state index contributed by atoms with van der Waals surface area (Å²) in [6.45, 7) is 7.81. The molecule has 0 heterocycles. The molecular formula is C37H43N3O5S. The molecule has 0 aliphatic rings. The molecule has 1 unspecified atom stereocenters. The fourth-order valence-electron chi connectivity index (χ4n) is 5.21. The van der Waals surface area contributed by atoms with Crippen molar-refractivity contribution in [1.29, 1.82) is 0 Å². The van der Waals surface area contributed by atoms with Crippen molar-refractivity contribution in [3.05, 3.63) is 125 Å². The summed E-state index contributed by atoms with van der Waals surface area (Å²) in [5.41, 5.74) is 3.74. The van der Waals surface area contributed by atoms with E-state index in [2.05, 4.69) is 5.32 Å². The van der Waals surface area contributed by atoms with E-state index in [1.54, 1.807) is 30.3 Å². The zero-order valence-electron chi connectivity index (χ0n) is 27.1. The van der Waals surface area contributed by atoms with Gasteiger partial charge in [-0.05, 0) is 60.7 Å². The number of carbonyl (C=O) groups is 2. The van der Waals surface area contributed by atoms with Gasteiger partial charge in [0.05, 0.1) is 17.7 Å². The Labute approximate surface area is 273 Å². The Morgan fingerprint density at radius 1 is 0.804 bits per heavy atom. The van der Waals surface area contributed by atoms with Crippen molar-refractivity contribution >= 4 is 27.5 Å². The van der Waals surface area contributed by atoms with Crippen LogP contribution < -0.4 is 14.4 Å². The molecule has 1 atom stereocenters. The molecule has 2 amide bonds. The lowest BCUT2D eigenvalue weighted by Crippen LogP contribution is -2.53. The fraction of sp³-hybridized carbons (Fsp3) is 0.297. The number of amides is 2. The minimum Gasteiger partial charge on any atom is -0.495 e. The lowest BCUT2D eigenvalue weighted by Gasteiger charge is -2.34. The molecule has 0 aliphatic heterocycles. The van der Waals surface area contributed by atoms with Gasteiger partial charge in [0.2, 0.25) is 11.8 Å². The molecule has 0 spiro atoms. The number of rotatable bonds is 14. The molecule has 0 radical (unpaired) electrons. The second-order valence-electron chi connectivity index (χ2n) is 11.9. The predicted octanol–water partition coefficient (Wildman–Crippen LogP) is 5.92. The molecule has 8 nitrogen and oxygen atoms in total. The van der Waals surface area contributed by atoms with Gasteiger partial charge in [0.25, 0.3) is 10.0 Å². The summed E-state index contributed by atoms with van der Waals surface area (Å²) >= 11 is 0. The average Bonchev–Trinajstić information content (AvgIpc) is 3.04. The van der Waals surface area contributed by atoms with Crippen LogP contribution >= 0.6 is 0 Å². The van der Waals surface area contributed by atoms with Gasteiger partial charge in [0, 0.05) is 19.5 Å². The zero-order valence-corrected chi connectivity index (χ0v) is 28.0. The Bertz CT molecular complexity index is 1730. The number of methoxy groups -OCH3 is 1. The monoisotopic (exact) mass is 641 g/mol. The Morgan fingerprint density at radius 2 is 1.43 bits per heavy atom. The Morgan fingerprint density at radius 3 is 2.07 bits per heavy atom. The summed E-state index contributed by atoms with van der Waals surface area (Å²) in [6, 6.07) is 29.5. The van der Waals surface area contributed by atoms with E-state index in [0.717, 1.165) is 26.6 Å². The zero-order chi connectivity index (χ0) is 33.3. The highest BCUT2D eigenvalue weighted by atomic mass is 32.2. The van der Waals surface area contributed by atoms with Crippen molar-refractivity contribution in [2.24, 2.45) is 5.92 Å². The third-order valence-corrected chi connectivity index (χ3v) is 9.38. The van der Waals surface area contributed by atoms with Crippen LogP contribution in [0.25, 0.3) is 0 Å². The van der Waals surface area contributed by atoms with Gasteiger partial charge >= 0.3 is 0 Å². The highest BCUT2D eigenvalue weighted by Crippen LogP contribution is 2.34. The molecule has 0 aliphatic carbocycles. The number of anilines is 1. The molecule has 0 bridgehead atoms. The normalized spacial score (nSPS) is 12.0. The summed E-state index contributed by atoms with van der Waals surface area (Å²) in [5, 5.41) is 3.02. The van der Waals surface area contributed by atoms with E-state index in [4.69, 9.17) is 4.74 Å². The van der Waals surface area contributed by atoms with Gasteiger partial charge in [-0.2, -0.15) is 0 Å². The summed E-state index contributed by atoms with van der Waals surface area (Å²) in [7, 11) is -2.77. The number of nitrogens with one attached hydrogen (secondary N) is 1. The Hall–Kier alpha value is -4.63. The topological polar surface area (TPSA) is 96.0 Å². The highest BCUT2D eigenvalue weighted by molar-refractivity contribution is 7.92. The van der Waals surface area contributed by atoms with E-state index in [1.807, 2.05) is 88.4 Å². The summed E-state index contributed by atoms with van der Waals surface area (Å²) in [5.74, 6) is -0.324. The molecule has 0 fully saturated rings. The number of hydrogen-bond acceptors (Lipinski definition) is 5. The van der Waals surface area contributed by atoms with Gasteiger partial charge in [-0.1, -0.05) is 98.3 Å². The first-order valence-corrected chi connectivity index (χ1v) is 16.8. The van der Waals surface area contributed by atoms with Crippen LogP contribution in [0.3, 0.4) is 0 Å². The maximum atomic E-state index is 14.7. The third-order valence-electron chi connectivity index (χ3n) is 7.60. The summed E-state index contributed by atoms with van der Waals surface area (Å²) in [6.07, 6.45) is 0.252.